The molecule has 1 atom stereocenters. The van der Waals surface area contributed by atoms with E-state index in [1.54, 1.807) is 18.3 Å². The Morgan fingerprint density at radius 2 is 1.85 bits per heavy atom. The molecular weight excluding hydrogens is 417 g/mol. The molecule has 172 valence electrons. The average molecular weight is 448 g/mol. The van der Waals surface area contributed by atoms with Crippen LogP contribution in [0.3, 0.4) is 0 Å². The maximum absolute atomic E-state index is 13.6. The number of benzene rings is 2. The van der Waals surface area contributed by atoms with Crippen molar-refractivity contribution < 1.29 is 13.9 Å². The van der Waals surface area contributed by atoms with E-state index in [2.05, 4.69) is 27.3 Å². The zero-order chi connectivity index (χ0) is 23.0. The predicted octanol–water partition coefficient (Wildman–Crippen LogP) is 4.60. The SMILES string of the molecule is COCC(=O)NC(c1ccccn1)C1CCN(Cc2cccc(-c3cccc(F)c3)c2)CC1. The molecule has 0 aliphatic carbocycles. The van der Waals surface area contributed by atoms with E-state index in [0.717, 1.165) is 49.3 Å². The fraction of sp³-hybridized carbons (Fsp3) is 0.333. The largest absolute Gasteiger partial charge is 0.375 e. The third kappa shape index (κ3) is 6.24. The van der Waals surface area contributed by atoms with Crippen LogP contribution in [0.4, 0.5) is 4.39 Å². The fourth-order valence-corrected chi connectivity index (χ4v) is 4.56. The topological polar surface area (TPSA) is 54.5 Å². The van der Waals surface area contributed by atoms with Crippen LogP contribution in [0, 0.1) is 11.7 Å². The summed E-state index contributed by atoms with van der Waals surface area (Å²) in [6.45, 7) is 2.78. The van der Waals surface area contributed by atoms with Crippen molar-refractivity contribution in [3.05, 3.63) is 90.0 Å². The number of halogens is 1. The first-order valence-corrected chi connectivity index (χ1v) is 11.4. The van der Waals surface area contributed by atoms with Gasteiger partial charge in [-0.05, 0) is 78.9 Å². The number of carbonyl (C=O) groups is 1. The van der Waals surface area contributed by atoms with Crippen LogP contribution >= 0.6 is 0 Å². The van der Waals surface area contributed by atoms with Gasteiger partial charge in [-0.15, -0.1) is 0 Å². The Balaban J connectivity index is 1.39. The summed E-state index contributed by atoms with van der Waals surface area (Å²) in [5.41, 5.74) is 4.02. The van der Waals surface area contributed by atoms with Gasteiger partial charge in [-0.1, -0.05) is 36.4 Å². The highest BCUT2D eigenvalue weighted by Gasteiger charge is 2.29. The number of nitrogens with zero attached hydrogens (tertiary/aromatic N) is 2. The van der Waals surface area contributed by atoms with Gasteiger partial charge in [0.25, 0.3) is 0 Å². The fourth-order valence-electron chi connectivity index (χ4n) is 4.56. The molecule has 33 heavy (non-hydrogen) atoms. The van der Waals surface area contributed by atoms with E-state index in [0.29, 0.717) is 5.92 Å². The number of carbonyl (C=O) groups excluding carboxylic acids is 1. The summed E-state index contributed by atoms with van der Waals surface area (Å²) < 4.78 is 18.6. The molecule has 2 heterocycles. The minimum atomic E-state index is -0.222. The van der Waals surface area contributed by atoms with Gasteiger partial charge in [0.2, 0.25) is 5.91 Å². The van der Waals surface area contributed by atoms with E-state index in [-0.39, 0.29) is 24.4 Å². The lowest BCUT2D eigenvalue weighted by Crippen LogP contribution is -2.41. The summed E-state index contributed by atoms with van der Waals surface area (Å²) >= 11 is 0. The highest BCUT2D eigenvalue weighted by Crippen LogP contribution is 2.31. The molecule has 1 aliphatic heterocycles. The third-order valence-corrected chi connectivity index (χ3v) is 6.19. The summed E-state index contributed by atoms with van der Waals surface area (Å²) in [5.74, 6) is -0.0274. The number of methoxy groups -OCH3 is 1. The van der Waals surface area contributed by atoms with Crippen molar-refractivity contribution in [1.29, 1.82) is 0 Å². The van der Waals surface area contributed by atoms with E-state index in [9.17, 15) is 9.18 Å². The molecular formula is C27H30FN3O2. The van der Waals surface area contributed by atoms with Gasteiger partial charge in [0.15, 0.2) is 0 Å². The van der Waals surface area contributed by atoms with Gasteiger partial charge in [0.1, 0.15) is 12.4 Å². The molecule has 1 amide bonds. The second-order valence-corrected chi connectivity index (χ2v) is 8.56. The van der Waals surface area contributed by atoms with E-state index in [1.165, 1.54) is 18.7 Å². The summed E-state index contributed by atoms with van der Waals surface area (Å²) in [7, 11) is 1.52. The van der Waals surface area contributed by atoms with Gasteiger partial charge in [-0.2, -0.15) is 0 Å². The quantitative estimate of drug-likeness (QED) is 0.548. The molecule has 1 aliphatic rings. The Morgan fingerprint density at radius 1 is 1.09 bits per heavy atom. The molecule has 2 aromatic carbocycles. The highest BCUT2D eigenvalue weighted by atomic mass is 19.1. The van der Waals surface area contributed by atoms with Crippen LogP contribution in [0.1, 0.15) is 30.1 Å². The summed E-state index contributed by atoms with van der Waals surface area (Å²) in [4.78, 5) is 19.2. The first kappa shape index (κ1) is 23.1. The Bertz CT molecular complexity index is 1050. The van der Waals surface area contributed by atoms with Crippen molar-refractivity contribution in [3.8, 4) is 11.1 Å². The van der Waals surface area contributed by atoms with Crippen LogP contribution in [0.25, 0.3) is 11.1 Å². The molecule has 6 heteroatoms. The second-order valence-electron chi connectivity index (χ2n) is 8.56. The Morgan fingerprint density at radius 3 is 2.55 bits per heavy atom. The number of likely N-dealkylation sites (tertiary alicyclic amines) is 1. The molecule has 1 unspecified atom stereocenters. The van der Waals surface area contributed by atoms with Crippen LogP contribution in [-0.2, 0) is 16.1 Å². The summed E-state index contributed by atoms with van der Waals surface area (Å²) in [6, 6.07) is 20.7. The van der Waals surface area contributed by atoms with Crippen LogP contribution in [0.15, 0.2) is 72.9 Å². The predicted molar refractivity (Wildman–Crippen MR) is 127 cm³/mol. The van der Waals surface area contributed by atoms with Crippen LogP contribution in [0.5, 0.6) is 0 Å². The average Bonchev–Trinajstić information content (AvgIpc) is 2.84. The van der Waals surface area contributed by atoms with Gasteiger partial charge < -0.3 is 10.1 Å². The van der Waals surface area contributed by atoms with E-state index >= 15 is 0 Å². The van der Waals surface area contributed by atoms with Crippen LogP contribution in [0.2, 0.25) is 0 Å². The molecule has 4 rings (SSSR count). The van der Waals surface area contributed by atoms with Gasteiger partial charge >= 0.3 is 0 Å². The van der Waals surface area contributed by atoms with Crippen LogP contribution < -0.4 is 5.32 Å². The lowest BCUT2D eigenvalue weighted by Gasteiger charge is -2.36. The normalized spacial score (nSPS) is 15.8. The molecule has 5 nitrogen and oxygen atoms in total. The Labute approximate surface area is 194 Å². The molecule has 0 radical (unpaired) electrons. The molecule has 1 N–H and O–H groups in total. The van der Waals surface area contributed by atoms with Gasteiger partial charge in [-0.3, -0.25) is 14.7 Å². The summed E-state index contributed by atoms with van der Waals surface area (Å²) in [6.07, 6.45) is 3.71. The maximum Gasteiger partial charge on any atom is 0.246 e. The number of hydrogen-bond donors (Lipinski definition) is 1. The second kappa shape index (κ2) is 11.2. The minimum Gasteiger partial charge on any atom is -0.375 e. The van der Waals surface area contributed by atoms with Crippen molar-refractivity contribution in [2.24, 2.45) is 5.92 Å². The number of rotatable bonds is 8. The number of amides is 1. The molecule has 3 aromatic rings. The third-order valence-electron chi connectivity index (χ3n) is 6.19. The maximum atomic E-state index is 13.6. The van der Waals surface area contributed by atoms with Gasteiger partial charge in [-0.25, -0.2) is 4.39 Å². The van der Waals surface area contributed by atoms with Crippen molar-refractivity contribution in [2.45, 2.75) is 25.4 Å². The zero-order valence-corrected chi connectivity index (χ0v) is 18.9. The smallest absolute Gasteiger partial charge is 0.246 e. The first-order valence-electron chi connectivity index (χ1n) is 11.4. The monoisotopic (exact) mass is 447 g/mol. The number of hydrogen-bond acceptors (Lipinski definition) is 4. The molecule has 1 aromatic heterocycles. The zero-order valence-electron chi connectivity index (χ0n) is 18.9. The molecule has 0 saturated carbocycles. The van der Waals surface area contributed by atoms with E-state index < -0.39 is 0 Å². The number of piperidine rings is 1. The van der Waals surface area contributed by atoms with Gasteiger partial charge in [0.05, 0.1) is 11.7 Å². The Kier molecular flexibility index (Phi) is 7.81. The molecule has 1 saturated heterocycles. The van der Waals surface area contributed by atoms with Gasteiger partial charge in [0, 0.05) is 19.9 Å². The lowest BCUT2D eigenvalue weighted by molar-refractivity contribution is -0.126. The number of nitrogens with one attached hydrogen (secondary N) is 1. The summed E-state index contributed by atoms with van der Waals surface area (Å²) in [5, 5.41) is 3.12. The Hall–Kier alpha value is -3.09. The lowest BCUT2D eigenvalue weighted by atomic mass is 9.87. The van der Waals surface area contributed by atoms with Crippen molar-refractivity contribution in [3.63, 3.8) is 0 Å². The van der Waals surface area contributed by atoms with Crippen molar-refractivity contribution in [2.75, 3.05) is 26.8 Å². The number of pyridine rings is 1. The standard InChI is InChI=1S/C27H30FN3O2/c1-33-19-26(32)30-27(25-10-2-3-13-29-25)21-11-14-31(15-12-21)18-20-6-4-7-22(16-20)23-8-5-9-24(28)17-23/h2-10,13,16-17,21,27H,11-12,14-15,18-19H2,1H3,(H,30,32). The molecule has 1 fully saturated rings. The van der Waals surface area contributed by atoms with Crippen LogP contribution in [-0.4, -0.2) is 42.6 Å². The van der Waals surface area contributed by atoms with Crippen molar-refractivity contribution in [1.82, 2.24) is 15.2 Å². The number of aromatic nitrogens is 1. The van der Waals surface area contributed by atoms with E-state index in [4.69, 9.17) is 4.74 Å². The molecule has 0 spiro atoms. The molecule has 0 bridgehead atoms. The van der Waals surface area contributed by atoms with Crippen molar-refractivity contribution >= 4 is 5.91 Å². The highest BCUT2D eigenvalue weighted by molar-refractivity contribution is 5.77. The van der Waals surface area contributed by atoms with E-state index in [1.807, 2.05) is 36.4 Å². The first-order chi connectivity index (χ1) is 16.1. The minimum absolute atomic E-state index is 0.0455. The number of ether oxygens (including phenoxy) is 1.